The molecule has 8 heteroatoms. The Hall–Kier alpha value is -1.73. The summed E-state index contributed by atoms with van der Waals surface area (Å²) in [5.74, 6) is 0.275. The van der Waals surface area contributed by atoms with Crippen LogP contribution in [0.15, 0.2) is 40.9 Å². The largest absolute Gasteiger partial charge is 0.492 e. The molecule has 3 nitrogen and oxygen atoms in total. The minimum Gasteiger partial charge on any atom is -0.492 e. The summed E-state index contributed by atoms with van der Waals surface area (Å²) in [5.41, 5.74) is 0.251. The maximum absolute atomic E-state index is 12.9. The lowest BCUT2D eigenvalue weighted by molar-refractivity contribution is -0.137. The molecule has 0 atom stereocenters. The van der Waals surface area contributed by atoms with Crippen molar-refractivity contribution >= 4 is 39.1 Å². The van der Waals surface area contributed by atoms with Gasteiger partial charge in [-0.15, -0.1) is 0 Å². The van der Waals surface area contributed by atoms with Crippen molar-refractivity contribution in [2.75, 3.05) is 11.9 Å². The van der Waals surface area contributed by atoms with E-state index in [0.29, 0.717) is 18.8 Å². The Balaban J connectivity index is 1.85. The first-order chi connectivity index (χ1) is 13.4. The first kappa shape index (κ1) is 23.5. The highest BCUT2D eigenvalue weighted by atomic mass is 79.9. The van der Waals surface area contributed by atoms with E-state index in [1.54, 1.807) is 0 Å². The Bertz CT molecular complexity index is 879. The van der Waals surface area contributed by atoms with Gasteiger partial charge in [0.15, 0.2) is 0 Å². The number of ether oxygens (including phenoxy) is 1. The van der Waals surface area contributed by atoms with Gasteiger partial charge in [0, 0.05) is 12.1 Å². The summed E-state index contributed by atoms with van der Waals surface area (Å²) in [6.07, 6.45) is -4.05. The number of hydrogen-bond donors (Lipinski definition) is 1. The van der Waals surface area contributed by atoms with Crippen LogP contribution in [0.2, 0.25) is 5.02 Å². The van der Waals surface area contributed by atoms with Gasteiger partial charge in [-0.25, -0.2) is 0 Å². The van der Waals surface area contributed by atoms with Crippen LogP contribution in [0, 0.1) is 0 Å². The molecule has 0 radical (unpaired) electrons. The molecule has 0 aromatic heterocycles. The lowest BCUT2D eigenvalue weighted by Crippen LogP contribution is -2.14. The Morgan fingerprint density at radius 2 is 1.83 bits per heavy atom. The molecule has 0 heterocycles. The fourth-order valence-corrected chi connectivity index (χ4v) is 3.26. The molecule has 0 unspecified atom stereocenters. The Kier molecular flexibility index (Phi) is 7.62. The van der Waals surface area contributed by atoms with Crippen molar-refractivity contribution in [3.8, 4) is 5.75 Å². The summed E-state index contributed by atoms with van der Waals surface area (Å²) in [5, 5.41) is 2.04. The van der Waals surface area contributed by atoms with Crippen molar-refractivity contribution < 1.29 is 22.7 Å². The summed E-state index contributed by atoms with van der Waals surface area (Å²) in [6, 6.07) is 9.13. The van der Waals surface area contributed by atoms with Gasteiger partial charge in [0.05, 0.1) is 21.7 Å². The number of alkyl halides is 3. The zero-order chi connectivity index (χ0) is 21.8. The van der Waals surface area contributed by atoms with Gasteiger partial charge >= 0.3 is 6.18 Å². The van der Waals surface area contributed by atoms with E-state index in [2.05, 4.69) is 42.0 Å². The van der Waals surface area contributed by atoms with E-state index < -0.39 is 22.7 Å². The van der Waals surface area contributed by atoms with E-state index >= 15 is 0 Å². The van der Waals surface area contributed by atoms with E-state index in [4.69, 9.17) is 16.3 Å². The first-order valence-corrected chi connectivity index (χ1v) is 10.1. The van der Waals surface area contributed by atoms with E-state index in [9.17, 15) is 18.0 Å². The zero-order valence-corrected chi connectivity index (χ0v) is 18.6. The van der Waals surface area contributed by atoms with Crippen molar-refractivity contribution in [3.05, 3.63) is 57.0 Å². The lowest BCUT2D eigenvalue weighted by atomic mass is 9.87. The quantitative estimate of drug-likeness (QED) is 0.432. The van der Waals surface area contributed by atoms with Gasteiger partial charge in [0.2, 0.25) is 5.91 Å². The number of benzene rings is 2. The van der Waals surface area contributed by atoms with Crippen molar-refractivity contribution in [3.63, 3.8) is 0 Å². The highest BCUT2D eigenvalue weighted by molar-refractivity contribution is 9.10. The van der Waals surface area contributed by atoms with Crippen LogP contribution in [0.25, 0.3) is 0 Å². The average Bonchev–Trinajstić information content (AvgIpc) is 2.59. The summed E-state index contributed by atoms with van der Waals surface area (Å²) in [4.78, 5) is 12.0. The molecule has 0 aliphatic carbocycles. The average molecular weight is 493 g/mol. The second-order valence-corrected chi connectivity index (χ2v) is 8.85. The van der Waals surface area contributed by atoms with Crippen LogP contribution < -0.4 is 10.1 Å². The smallest absolute Gasteiger partial charge is 0.417 e. The lowest BCUT2D eigenvalue weighted by Gasteiger charge is -2.20. The van der Waals surface area contributed by atoms with Crippen LogP contribution in [0.1, 0.15) is 44.7 Å². The van der Waals surface area contributed by atoms with Crippen LogP contribution in [0.4, 0.5) is 18.9 Å². The molecular formula is C21H22BrClF3NO2. The van der Waals surface area contributed by atoms with Crippen LogP contribution in [0.5, 0.6) is 5.75 Å². The molecule has 0 spiro atoms. The molecule has 0 aliphatic heterocycles. The number of hydrogen-bond acceptors (Lipinski definition) is 2. The topological polar surface area (TPSA) is 38.3 Å². The molecule has 2 aromatic carbocycles. The van der Waals surface area contributed by atoms with Gasteiger partial charge in [-0.2, -0.15) is 13.2 Å². The highest BCUT2D eigenvalue weighted by Crippen LogP contribution is 2.36. The predicted octanol–water partition coefficient (Wildman–Crippen LogP) is 7.22. The summed E-state index contributed by atoms with van der Waals surface area (Å²) < 4.78 is 45.2. The third-order valence-electron chi connectivity index (χ3n) is 4.16. The van der Waals surface area contributed by atoms with Crippen LogP contribution in [-0.2, 0) is 16.4 Å². The number of anilines is 1. The monoisotopic (exact) mass is 491 g/mol. The predicted molar refractivity (Wildman–Crippen MR) is 113 cm³/mol. The third-order valence-corrected chi connectivity index (χ3v) is 5.11. The first-order valence-electron chi connectivity index (χ1n) is 8.97. The van der Waals surface area contributed by atoms with Gasteiger partial charge < -0.3 is 10.1 Å². The number of nitrogens with one attached hydrogen (secondary N) is 1. The fourth-order valence-electron chi connectivity index (χ4n) is 2.54. The Labute approximate surface area is 181 Å². The van der Waals surface area contributed by atoms with E-state index in [1.165, 1.54) is 6.07 Å². The van der Waals surface area contributed by atoms with E-state index in [0.717, 1.165) is 22.2 Å². The molecule has 0 saturated carbocycles. The fraction of sp³-hybridized carbons (Fsp3) is 0.381. The number of rotatable bonds is 6. The molecule has 2 rings (SSSR count). The molecular weight excluding hydrogens is 471 g/mol. The van der Waals surface area contributed by atoms with E-state index in [1.807, 2.05) is 18.2 Å². The summed E-state index contributed by atoms with van der Waals surface area (Å²) in [6.45, 7) is 6.65. The van der Waals surface area contributed by atoms with Gasteiger partial charge in [-0.3, -0.25) is 4.79 Å². The number of halogens is 5. The van der Waals surface area contributed by atoms with Crippen molar-refractivity contribution in [2.24, 2.45) is 0 Å². The SMILES string of the molecule is CC(C)(C)c1ccc(OCCCC(=O)Nc2ccc(Cl)c(C(F)(F)F)c2)c(Br)c1. The molecule has 1 N–H and O–H groups in total. The van der Waals surface area contributed by atoms with Crippen LogP contribution >= 0.6 is 27.5 Å². The molecule has 0 aliphatic rings. The Morgan fingerprint density at radius 3 is 2.41 bits per heavy atom. The summed E-state index contributed by atoms with van der Waals surface area (Å²) >= 11 is 9.06. The van der Waals surface area contributed by atoms with Crippen molar-refractivity contribution in [1.29, 1.82) is 0 Å². The zero-order valence-electron chi connectivity index (χ0n) is 16.3. The molecule has 2 aromatic rings. The molecule has 29 heavy (non-hydrogen) atoms. The van der Waals surface area contributed by atoms with Gasteiger partial charge in [-0.1, -0.05) is 38.4 Å². The second kappa shape index (κ2) is 9.39. The summed E-state index contributed by atoms with van der Waals surface area (Å²) in [7, 11) is 0. The normalized spacial score (nSPS) is 12.0. The number of amides is 1. The van der Waals surface area contributed by atoms with Gasteiger partial charge in [-0.05, 0) is 63.7 Å². The Morgan fingerprint density at radius 1 is 1.14 bits per heavy atom. The molecule has 1 amide bonds. The number of carbonyl (C=O) groups is 1. The van der Waals surface area contributed by atoms with Gasteiger partial charge in [0.1, 0.15) is 5.75 Å². The number of carbonyl (C=O) groups excluding carboxylic acids is 1. The van der Waals surface area contributed by atoms with Crippen molar-refractivity contribution in [1.82, 2.24) is 0 Å². The molecule has 0 bridgehead atoms. The minimum absolute atomic E-state index is 0.0206. The third kappa shape index (κ3) is 6.93. The minimum atomic E-state index is -4.58. The second-order valence-electron chi connectivity index (χ2n) is 7.59. The van der Waals surface area contributed by atoms with Crippen molar-refractivity contribution in [2.45, 2.75) is 45.2 Å². The maximum atomic E-state index is 12.9. The molecule has 0 fully saturated rings. The van der Waals surface area contributed by atoms with Crippen LogP contribution in [-0.4, -0.2) is 12.5 Å². The van der Waals surface area contributed by atoms with E-state index in [-0.39, 0.29) is 17.5 Å². The van der Waals surface area contributed by atoms with Gasteiger partial charge in [0.25, 0.3) is 0 Å². The van der Waals surface area contributed by atoms with Crippen LogP contribution in [0.3, 0.4) is 0 Å². The standard InChI is InChI=1S/C21H22BrClF3NO2/c1-20(2,3)13-6-9-18(16(22)11-13)29-10-4-5-19(28)27-14-7-8-17(23)15(12-14)21(24,25)26/h6-9,11-12H,4-5,10H2,1-3H3,(H,27,28). The maximum Gasteiger partial charge on any atom is 0.417 e. The molecule has 0 saturated heterocycles. The highest BCUT2D eigenvalue weighted by Gasteiger charge is 2.33. The molecule has 158 valence electrons.